The minimum absolute atomic E-state index is 0.167. The number of amides is 2. The molecule has 0 bridgehead atoms. The first-order valence-corrected chi connectivity index (χ1v) is 7.94. The van der Waals surface area contributed by atoms with Crippen molar-refractivity contribution in [2.24, 2.45) is 0 Å². The van der Waals surface area contributed by atoms with Gasteiger partial charge in [0.15, 0.2) is 0 Å². The summed E-state index contributed by atoms with van der Waals surface area (Å²) < 4.78 is 0. The van der Waals surface area contributed by atoms with E-state index in [1.807, 2.05) is 30.3 Å². The fraction of sp³-hybridized carbons (Fsp3) is 0.412. The lowest BCUT2D eigenvalue weighted by molar-refractivity contribution is 0.251. The van der Waals surface area contributed by atoms with Crippen molar-refractivity contribution < 1.29 is 4.79 Å². The number of hydrogen-bond acceptors (Lipinski definition) is 3. The van der Waals surface area contributed by atoms with Gasteiger partial charge in [-0.2, -0.15) is 0 Å². The molecule has 1 fully saturated rings. The number of hydrogen-bond donors (Lipinski definition) is 2. The van der Waals surface area contributed by atoms with Gasteiger partial charge in [0.2, 0.25) is 0 Å². The van der Waals surface area contributed by atoms with Crippen molar-refractivity contribution >= 4 is 22.6 Å². The summed E-state index contributed by atoms with van der Waals surface area (Å²) >= 11 is 0. The summed E-state index contributed by atoms with van der Waals surface area (Å²) in [5.41, 5.74) is 1.56. The lowest BCUT2D eigenvalue weighted by Gasteiger charge is -2.14. The molecular weight excluding hydrogens is 276 g/mol. The van der Waals surface area contributed by atoms with Gasteiger partial charge in [-0.15, -0.1) is 0 Å². The van der Waals surface area contributed by atoms with Crippen LogP contribution in [0.25, 0.3) is 10.9 Å². The van der Waals surface area contributed by atoms with Crippen molar-refractivity contribution in [3.63, 3.8) is 0 Å². The number of fused-ring (bicyclic) bond motifs is 1. The lowest BCUT2D eigenvalue weighted by atomic mass is 10.2. The molecule has 1 aromatic carbocycles. The first-order chi connectivity index (χ1) is 10.8. The number of urea groups is 1. The molecule has 2 heterocycles. The molecule has 2 aromatic rings. The Morgan fingerprint density at radius 2 is 2.00 bits per heavy atom. The Kier molecular flexibility index (Phi) is 4.85. The van der Waals surface area contributed by atoms with Crippen LogP contribution in [0.5, 0.6) is 0 Å². The standard InChI is InChI=1S/C17H22N4O/c22-17(19-10-5-13-21-11-1-2-12-21)20-15-8-3-6-14-7-4-9-18-16(14)15/h3-4,6-9H,1-2,5,10-13H2,(H2,19,20,22). The van der Waals surface area contributed by atoms with Gasteiger partial charge in [-0.05, 0) is 51.0 Å². The summed E-state index contributed by atoms with van der Waals surface area (Å²) in [5.74, 6) is 0. The molecule has 22 heavy (non-hydrogen) atoms. The summed E-state index contributed by atoms with van der Waals surface area (Å²) in [6.07, 6.45) is 5.34. The maximum absolute atomic E-state index is 12.0. The topological polar surface area (TPSA) is 57.3 Å². The largest absolute Gasteiger partial charge is 0.338 e. The summed E-state index contributed by atoms with van der Waals surface area (Å²) in [4.78, 5) is 18.8. The number of rotatable bonds is 5. The molecule has 2 amide bonds. The monoisotopic (exact) mass is 298 g/mol. The fourth-order valence-electron chi connectivity index (χ4n) is 2.88. The van der Waals surface area contributed by atoms with Crippen LogP contribution in [0.1, 0.15) is 19.3 Å². The Morgan fingerprint density at radius 1 is 1.18 bits per heavy atom. The van der Waals surface area contributed by atoms with Crippen LogP contribution in [0.3, 0.4) is 0 Å². The molecule has 1 aliphatic rings. The van der Waals surface area contributed by atoms with E-state index in [1.54, 1.807) is 6.20 Å². The van der Waals surface area contributed by atoms with E-state index >= 15 is 0 Å². The van der Waals surface area contributed by atoms with Gasteiger partial charge >= 0.3 is 6.03 Å². The number of para-hydroxylation sites is 1. The number of carbonyl (C=O) groups excluding carboxylic acids is 1. The molecule has 0 aliphatic carbocycles. The normalized spacial score (nSPS) is 15.1. The number of aromatic nitrogens is 1. The third-order valence-corrected chi connectivity index (χ3v) is 4.02. The van der Waals surface area contributed by atoms with Crippen molar-refractivity contribution in [1.29, 1.82) is 0 Å². The molecule has 0 atom stereocenters. The zero-order valence-electron chi connectivity index (χ0n) is 12.7. The van der Waals surface area contributed by atoms with Crippen molar-refractivity contribution in [2.75, 3.05) is 31.5 Å². The maximum Gasteiger partial charge on any atom is 0.319 e. The highest BCUT2D eigenvalue weighted by Gasteiger charge is 2.10. The van der Waals surface area contributed by atoms with E-state index < -0.39 is 0 Å². The van der Waals surface area contributed by atoms with E-state index in [0.717, 1.165) is 29.6 Å². The van der Waals surface area contributed by atoms with Crippen LogP contribution in [0.2, 0.25) is 0 Å². The molecule has 0 saturated carbocycles. The van der Waals surface area contributed by atoms with Gasteiger partial charge < -0.3 is 15.5 Å². The number of pyridine rings is 1. The highest BCUT2D eigenvalue weighted by molar-refractivity contribution is 5.99. The van der Waals surface area contributed by atoms with Crippen LogP contribution < -0.4 is 10.6 Å². The molecular formula is C17H22N4O. The van der Waals surface area contributed by atoms with Crippen LogP contribution in [0.15, 0.2) is 36.5 Å². The molecule has 1 aromatic heterocycles. The molecule has 0 radical (unpaired) electrons. The lowest BCUT2D eigenvalue weighted by Crippen LogP contribution is -2.32. The minimum atomic E-state index is -0.167. The average Bonchev–Trinajstić information content (AvgIpc) is 3.05. The second-order valence-corrected chi connectivity index (χ2v) is 5.66. The zero-order chi connectivity index (χ0) is 15.2. The van der Waals surface area contributed by atoms with Crippen molar-refractivity contribution in [2.45, 2.75) is 19.3 Å². The number of carbonyl (C=O) groups is 1. The smallest absolute Gasteiger partial charge is 0.319 e. The number of nitrogens with one attached hydrogen (secondary N) is 2. The summed E-state index contributed by atoms with van der Waals surface area (Å²) in [6.45, 7) is 4.17. The molecule has 0 spiro atoms. The number of anilines is 1. The van der Waals surface area contributed by atoms with Crippen LogP contribution in [0, 0.1) is 0 Å². The molecule has 1 saturated heterocycles. The van der Waals surface area contributed by atoms with E-state index in [4.69, 9.17) is 0 Å². The van der Waals surface area contributed by atoms with E-state index in [0.29, 0.717) is 6.54 Å². The van der Waals surface area contributed by atoms with Gasteiger partial charge in [-0.1, -0.05) is 18.2 Å². The van der Waals surface area contributed by atoms with Gasteiger partial charge in [-0.3, -0.25) is 4.98 Å². The van der Waals surface area contributed by atoms with Crippen molar-refractivity contribution in [3.05, 3.63) is 36.5 Å². The van der Waals surface area contributed by atoms with Gasteiger partial charge in [0, 0.05) is 18.1 Å². The number of nitrogens with zero attached hydrogens (tertiary/aromatic N) is 2. The Labute approximate surface area is 130 Å². The summed E-state index contributed by atoms with van der Waals surface area (Å²) in [6, 6.07) is 9.50. The highest BCUT2D eigenvalue weighted by Crippen LogP contribution is 2.20. The van der Waals surface area contributed by atoms with Crippen LogP contribution in [0.4, 0.5) is 10.5 Å². The first kappa shape index (κ1) is 14.8. The van der Waals surface area contributed by atoms with Gasteiger partial charge in [-0.25, -0.2) is 4.79 Å². The molecule has 2 N–H and O–H groups in total. The molecule has 5 heteroatoms. The fourth-order valence-corrected chi connectivity index (χ4v) is 2.88. The SMILES string of the molecule is O=C(NCCCN1CCCC1)Nc1cccc2cccnc12. The molecule has 116 valence electrons. The van der Waals surface area contributed by atoms with Gasteiger partial charge in [0.25, 0.3) is 0 Å². The van der Waals surface area contributed by atoms with Crippen LogP contribution >= 0.6 is 0 Å². The van der Waals surface area contributed by atoms with Crippen molar-refractivity contribution in [3.8, 4) is 0 Å². The second-order valence-electron chi connectivity index (χ2n) is 5.66. The predicted molar refractivity (Wildman–Crippen MR) is 89.1 cm³/mol. The quantitative estimate of drug-likeness (QED) is 0.835. The summed E-state index contributed by atoms with van der Waals surface area (Å²) in [7, 11) is 0. The second kappa shape index (κ2) is 7.22. The van der Waals surface area contributed by atoms with Crippen molar-refractivity contribution in [1.82, 2.24) is 15.2 Å². The zero-order valence-corrected chi connectivity index (χ0v) is 12.7. The Hall–Kier alpha value is -2.14. The number of likely N-dealkylation sites (tertiary alicyclic amines) is 1. The summed E-state index contributed by atoms with van der Waals surface area (Å²) in [5, 5.41) is 6.83. The Balaban J connectivity index is 1.48. The Bertz CT molecular complexity index is 632. The van der Waals surface area contributed by atoms with Crippen LogP contribution in [-0.4, -0.2) is 42.1 Å². The average molecular weight is 298 g/mol. The third-order valence-electron chi connectivity index (χ3n) is 4.02. The number of benzene rings is 1. The van der Waals surface area contributed by atoms with E-state index in [-0.39, 0.29) is 6.03 Å². The van der Waals surface area contributed by atoms with E-state index in [1.165, 1.54) is 25.9 Å². The third kappa shape index (κ3) is 3.74. The Morgan fingerprint density at radius 3 is 2.86 bits per heavy atom. The highest BCUT2D eigenvalue weighted by atomic mass is 16.2. The van der Waals surface area contributed by atoms with E-state index in [9.17, 15) is 4.79 Å². The molecule has 3 rings (SSSR count). The van der Waals surface area contributed by atoms with Crippen LogP contribution in [-0.2, 0) is 0 Å². The predicted octanol–water partition coefficient (Wildman–Crippen LogP) is 2.84. The van der Waals surface area contributed by atoms with E-state index in [2.05, 4.69) is 20.5 Å². The minimum Gasteiger partial charge on any atom is -0.338 e. The molecule has 5 nitrogen and oxygen atoms in total. The first-order valence-electron chi connectivity index (χ1n) is 7.94. The molecule has 0 unspecified atom stereocenters. The van der Waals surface area contributed by atoms with Gasteiger partial charge in [0.1, 0.15) is 0 Å². The maximum atomic E-state index is 12.0. The molecule has 1 aliphatic heterocycles. The van der Waals surface area contributed by atoms with Gasteiger partial charge in [0.05, 0.1) is 11.2 Å².